The maximum atomic E-state index is 13.2. The highest BCUT2D eigenvalue weighted by Crippen LogP contribution is 2.47. The lowest BCUT2D eigenvalue weighted by Gasteiger charge is -2.24. The highest BCUT2D eigenvalue weighted by atomic mass is 79.9. The number of benzene rings is 4. The quantitative estimate of drug-likeness (QED) is 0.234. The average Bonchev–Trinajstić information content (AvgIpc) is 3.46. The first kappa shape index (κ1) is 21.7. The number of hydrogen-bond acceptors (Lipinski definition) is 3. The van der Waals surface area contributed by atoms with Gasteiger partial charge in [0.25, 0.3) is 0 Å². The molecule has 0 aliphatic carbocycles. The highest BCUT2D eigenvalue weighted by molar-refractivity contribution is 9.10. The monoisotopic (exact) mass is 523 g/mol. The number of amides is 1. The Morgan fingerprint density at radius 1 is 0.800 bits per heavy atom. The van der Waals surface area contributed by atoms with Crippen LogP contribution in [0.2, 0.25) is 0 Å². The molecule has 1 amide bonds. The number of nitrogens with zero attached hydrogens (tertiary/aromatic N) is 1. The van der Waals surface area contributed by atoms with Gasteiger partial charge in [-0.3, -0.25) is 0 Å². The summed E-state index contributed by atoms with van der Waals surface area (Å²) in [6.45, 7) is 0.268. The number of ether oxygens (including phenoxy) is 1. The number of anilines is 1. The molecule has 0 bridgehead atoms. The van der Waals surface area contributed by atoms with Gasteiger partial charge in [-0.25, -0.2) is 9.69 Å². The van der Waals surface area contributed by atoms with Crippen molar-refractivity contribution in [1.82, 2.24) is 0 Å². The molecule has 4 aromatic carbocycles. The summed E-state index contributed by atoms with van der Waals surface area (Å²) in [5.74, 6) is 0.375. The summed E-state index contributed by atoms with van der Waals surface area (Å²) >= 11 is 3.63. The van der Waals surface area contributed by atoms with E-state index in [1.54, 1.807) is 4.90 Å². The van der Waals surface area contributed by atoms with Crippen molar-refractivity contribution in [1.29, 1.82) is 0 Å². The molecule has 172 valence electrons. The van der Waals surface area contributed by atoms with E-state index >= 15 is 0 Å². The van der Waals surface area contributed by atoms with Crippen LogP contribution in [0, 0.1) is 0 Å². The zero-order valence-corrected chi connectivity index (χ0v) is 20.4. The van der Waals surface area contributed by atoms with Crippen LogP contribution in [0.3, 0.4) is 0 Å². The fraction of sp³-hybridized carbons (Fsp3) is 0.100. The zero-order chi connectivity index (χ0) is 23.8. The lowest BCUT2D eigenvalue weighted by Crippen LogP contribution is -2.28. The normalized spacial score (nSPS) is 15.7. The van der Waals surface area contributed by atoms with Crippen LogP contribution >= 0.6 is 15.9 Å². The number of carbonyl (C=O) groups is 1. The van der Waals surface area contributed by atoms with Crippen molar-refractivity contribution < 1.29 is 13.9 Å². The Morgan fingerprint density at radius 2 is 1.40 bits per heavy atom. The summed E-state index contributed by atoms with van der Waals surface area (Å²) in [6, 6.07) is 36.3. The Labute approximate surface area is 211 Å². The lowest BCUT2D eigenvalue weighted by molar-refractivity contribution is 0.178. The molecule has 6 rings (SSSR count). The van der Waals surface area contributed by atoms with E-state index in [0.717, 1.165) is 37.7 Å². The Kier molecular flexibility index (Phi) is 5.63. The van der Waals surface area contributed by atoms with Crippen LogP contribution in [-0.2, 0) is 4.74 Å². The molecule has 0 spiro atoms. The summed E-state index contributed by atoms with van der Waals surface area (Å²) in [7, 11) is 0. The predicted molar refractivity (Wildman–Crippen MR) is 141 cm³/mol. The third-order valence-corrected chi connectivity index (χ3v) is 6.99. The number of carbonyl (C=O) groups excluding carboxylic acids is 1. The number of furan rings is 1. The summed E-state index contributed by atoms with van der Waals surface area (Å²) < 4.78 is 13.0. The van der Waals surface area contributed by atoms with E-state index in [-0.39, 0.29) is 18.6 Å². The van der Waals surface area contributed by atoms with Crippen molar-refractivity contribution in [2.45, 2.75) is 12.0 Å². The van der Waals surface area contributed by atoms with Crippen molar-refractivity contribution in [2.75, 3.05) is 11.5 Å². The molecule has 1 aromatic heterocycles. The Morgan fingerprint density at radius 3 is 2.03 bits per heavy atom. The molecule has 1 saturated heterocycles. The van der Waals surface area contributed by atoms with Crippen LogP contribution < -0.4 is 4.90 Å². The van der Waals surface area contributed by atoms with E-state index in [1.165, 1.54) is 0 Å². The molecule has 1 atom stereocenters. The summed E-state index contributed by atoms with van der Waals surface area (Å²) in [4.78, 5) is 14.9. The first-order valence-electron chi connectivity index (χ1n) is 11.5. The largest absolute Gasteiger partial charge is 0.446 e. The van der Waals surface area contributed by atoms with Gasteiger partial charge in [0.1, 0.15) is 18.2 Å². The minimum absolute atomic E-state index is 0.146. The molecule has 4 nitrogen and oxygen atoms in total. The second-order valence-corrected chi connectivity index (χ2v) is 9.50. The predicted octanol–water partition coefficient (Wildman–Crippen LogP) is 8.07. The first-order chi connectivity index (χ1) is 17.2. The molecule has 1 aliphatic heterocycles. The van der Waals surface area contributed by atoms with Gasteiger partial charge in [0, 0.05) is 21.3 Å². The maximum Gasteiger partial charge on any atom is 0.417 e. The highest BCUT2D eigenvalue weighted by Gasteiger charge is 2.41. The van der Waals surface area contributed by atoms with Gasteiger partial charge in [0.15, 0.2) is 0 Å². The van der Waals surface area contributed by atoms with E-state index < -0.39 is 6.09 Å². The molecule has 1 aliphatic rings. The zero-order valence-electron chi connectivity index (χ0n) is 18.8. The molecular weight excluding hydrogens is 502 g/mol. The number of cyclic esters (lactones) is 1. The van der Waals surface area contributed by atoms with Crippen LogP contribution in [0.4, 0.5) is 10.7 Å². The number of halogens is 1. The third-order valence-electron chi connectivity index (χ3n) is 6.50. The van der Waals surface area contributed by atoms with Crippen molar-refractivity contribution >= 4 is 38.9 Å². The molecule has 5 aromatic rings. The average molecular weight is 524 g/mol. The molecule has 5 heteroatoms. The number of rotatable bonds is 5. The molecule has 1 unspecified atom stereocenters. The van der Waals surface area contributed by atoms with Gasteiger partial charge in [-0.1, -0.05) is 107 Å². The summed E-state index contributed by atoms with van der Waals surface area (Å²) in [6.07, 6.45) is -0.405. The summed E-state index contributed by atoms with van der Waals surface area (Å²) in [5.41, 5.74) is 4.90. The lowest BCUT2D eigenvalue weighted by atomic mass is 9.84. The maximum absolute atomic E-state index is 13.2. The van der Waals surface area contributed by atoms with E-state index in [2.05, 4.69) is 46.3 Å². The molecule has 2 heterocycles. The van der Waals surface area contributed by atoms with Gasteiger partial charge in [0.05, 0.1) is 0 Å². The Balaban J connectivity index is 1.63. The van der Waals surface area contributed by atoms with Gasteiger partial charge in [-0.15, -0.1) is 0 Å². The summed E-state index contributed by atoms with van der Waals surface area (Å²) in [5, 5.41) is 0.957. The smallest absolute Gasteiger partial charge is 0.417 e. The molecule has 0 N–H and O–H groups in total. The molecular formula is C30H22BrNO3. The van der Waals surface area contributed by atoms with Crippen LogP contribution in [-0.4, -0.2) is 12.7 Å². The third kappa shape index (κ3) is 3.92. The van der Waals surface area contributed by atoms with Gasteiger partial charge in [-0.05, 0) is 34.9 Å². The van der Waals surface area contributed by atoms with E-state index in [0.29, 0.717) is 5.88 Å². The molecule has 35 heavy (non-hydrogen) atoms. The molecule has 0 radical (unpaired) electrons. The van der Waals surface area contributed by atoms with Crippen LogP contribution in [0.1, 0.15) is 34.2 Å². The van der Waals surface area contributed by atoms with Crippen LogP contribution in [0.5, 0.6) is 0 Å². The Bertz CT molecular complexity index is 1440. The fourth-order valence-corrected chi connectivity index (χ4v) is 5.28. The van der Waals surface area contributed by atoms with Gasteiger partial charge < -0.3 is 9.15 Å². The van der Waals surface area contributed by atoms with Gasteiger partial charge >= 0.3 is 6.09 Å². The van der Waals surface area contributed by atoms with E-state index in [4.69, 9.17) is 9.15 Å². The molecule has 1 fully saturated rings. The molecule has 0 saturated carbocycles. The van der Waals surface area contributed by atoms with Crippen molar-refractivity contribution in [3.63, 3.8) is 0 Å². The minimum Gasteiger partial charge on any atom is -0.446 e. The topological polar surface area (TPSA) is 42.7 Å². The van der Waals surface area contributed by atoms with Gasteiger partial charge in [-0.2, -0.15) is 0 Å². The minimum atomic E-state index is -0.405. The number of fused-ring (bicyclic) bond motifs is 1. The van der Waals surface area contributed by atoms with Gasteiger partial charge in [0.2, 0.25) is 5.88 Å². The van der Waals surface area contributed by atoms with Crippen LogP contribution in [0.25, 0.3) is 11.0 Å². The van der Waals surface area contributed by atoms with E-state index in [1.807, 2.05) is 78.9 Å². The van der Waals surface area contributed by atoms with Crippen LogP contribution in [0.15, 0.2) is 118 Å². The number of hydrogen-bond donors (Lipinski definition) is 0. The van der Waals surface area contributed by atoms with Crippen molar-refractivity contribution in [2.24, 2.45) is 0 Å². The van der Waals surface area contributed by atoms with Crippen molar-refractivity contribution in [3.05, 3.63) is 136 Å². The standard InChI is InChI=1S/C30H22BrNO3/c31-23-16-17-26-24(18-23)28(27(21-12-6-2-7-13-21)22-14-8-3-9-15-22)29(35-26)32-25(19-34-30(32)33)20-10-4-1-5-11-20/h1-18,25,27H,19H2. The Hall–Kier alpha value is -3.83. The first-order valence-corrected chi connectivity index (χ1v) is 12.3. The van der Waals surface area contributed by atoms with Crippen molar-refractivity contribution in [3.8, 4) is 0 Å². The second kappa shape index (κ2) is 9.08. The SMILES string of the molecule is O=C1OCC(c2ccccc2)N1c1oc2ccc(Br)cc2c1C(c1ccccc1)c1ccccc1. The fourth-order valence-electron chi connectivity index (χ4n) is 4.92. The van der Waals surface area contributed by atoms with E-state index in [9.17, 15) is 4.79 Å². The second-order valence-electron chi connectivity index (χ2n) is 8.59.